The average Bonchev–Trinajstić information content (AvgIpc) is 3.39. The first-order valence-corrected chi connectivity index (χ1v) is 9.25. The van der Waals surface area contributed by atoms with Crippen LogP contribution in [0.15, 0.2) is 56.6 Å². The molecule has 2 N–H and O–H groups in total. The Bertz CT molecular complexity index is 879. The molecule has 0 spiro atoms. The van der Waals surface area contributed by atoms with Crippen LogP contribution in [-0.2, 0) is 17.9 Å². The Balaban J connectivity index is 1.36. The summed E-state index contributed by atoms with van der Waals surface area (Å²) in [7, 11) is 1.70. The average molecular weight is 404 g/mol. The molecule has 0 radical (unpaired) electrons. The monoisotopic (exact) mass is 403 g/mol. The number of rotatable bonds is 9. The molecule has 28 heavy (non-hydrogen) atoms. The molecule has 9 heteroatoms. The highest BCUT2D eigenvalue weighted by Gasteiger charge is 2.09. The van der Waals surface area contributed by atoms with E-state index >= 15 is 0 Å². The highest BCUT2D eigenvalue weighted by Crippen LogP contribution is 2.19. The van der Waals surface area contributed by atoms with Crippen LogP contribution in [0, 0.1) is 0 Å². The fourth-order valence-corrected chi connectivity index (χ4v) is 2.59. The molecular formula is C19H22ClN5O3. The van der Waals surface area contributed by atoms with Gasteiger partial charge in [-0.2, -0.15) is 4.98 Å². The van der Waals surface area contributed by atoms with Gasteiger partial charge in [0.1, 0.15) is 12.4 Å². The Morgan fingerprint density at radius 1 is 1.25 bits per heavy atom. The Morgan fingerprint density at radius 2 is 2.18 bits per heavy atom. The molecule has 0 unspecified atom stereocenters. The molecule has 0 fully saturated rings. The van der Waals surface area contributed by atoms with Gasteiger partial charge in [-0.25, -0.2) is 0 Å². The van der Waals surface area contributed by atoms with Gasteiger partial charge in [0.15, 0.2) is 5.96 Å². The minimum absolute atomic E-state index is 0.363. The van der Waals surface area contributed by atoms with E-state index in [4.69, 9.17) is 25.3 Å². The van der Waals surface area contributed by atoms with Gasteiger partial charge >= 0.3 is 0 Å². The Morgan fingerprint density at radius 3 is 2.96 bits per heavy atom. The number of ether oxygens (including phenoxy) is 1. The number of aliphatic imine (C=N–C) groups is 1. The van der Waals surface area contributed by atoms with E-state index in [0.717, 1.165) is 24.3 Å². The fourth-order valence-electron chi connectivity index (χ4n) is 2.40. The molecule has 2 heterocycles. The van der Waals surface area contributed by atoms with E-state index in [1.54, 1.807) is 25.4 Å². The second kappa shape index (κ2) is 10.5. The summed E-state index contributed by atoms with van der Waals surface area (Å²) in [5, 5.41) is 10.9. The standard InChI is InChI=1S/C19H22ClN5O3/c1-21-19(22-8-4-9-26-13-16-7-3-10-27-16)23-12-17-24-18(25-28-17)14-5-2-6-15(20)11-14/h2-3,5-7,10-11H,4,8-9,12-13H2,1H3,(H2,21,22,23). The number of nitrogens with zero attached hydrogens (tertiary/aromatic N) is 3. The van der Waals surface area contributed by atoms with Gasteiger partial charge in [-0.3, -0.25) is 4.99 Å². The van der Waals surface area contributed by atoms with E-state index in [1.807, 2.05) is 24.3 Å². The molecule has 0 amide bonds. The highest BCUT2D eigenvalue weighted by atomic mass is 35.5. The van der Waals surface area contributed by atoms with Gasteiger partial charge in [-0.1, -0.05) is 28.9 Å². The summed E-state index contributed by atoms with van der Waals surface area (Å²) in [6, 6.07) is 11.0. The van der Waals surface area contributed by atoms with Crippen LogP contribution in [-0.4, -0.2) is 36.3 Å². The zero-order valence-electron chi connectivity index (χ0n) is 15.5. The summed E-state index contributed by atoms with van der Waals surface area (Å²) in [5.74, 6) is 2.42. The molecule has 3 aromatic rings. The minimum atomic E-state index is 0.363. The summed E-state index contributed by atoms with van der Waals surface area (Å²) in [5.41, 5.74) is 0.805. The highest BCUT2D eigenvalue weighted by molar-refractivity contribution is 6.30. The topological polar surface area (TPSA) is 97.7 Å². The van der Waals surface area contributed by atoms with Crippen LogP contribution in [0.5, 0.6) is 0 Å². The van der Waals surface area contributed by atoms with Crippen molar-refractivity contribution in [1.29, 1.82) is 0 Å². The Kier molecular flexibility index (Phi) is 7.45. The van der Waals surface area contributed by atoms with Gasteiger partial charge in [0, 0.05) is 30.8 Å². The first-order valence-electron chi connectivity index (χ1n) is 8.88. The number of nitrogens with one attached hydrogen (secondary N) is 2. The lowest BCUT2D eigenvalue weighted by atomic mass is 10.2. The van der Waals surface area contributed by atoms with Crippen molar-refractivity contribution in [2.45, 2.75) is 19.6 Å². The third kappa shape index (κ3) is 6.11. The van der Waals surface area contributed by atoms with Crippen molar-refractivity contribution in [2.24, 2.45) is 4.99 Å². The SMILES string of the molecule is CN=C(NCCCOCc1ccco1)NCc1nc(-c2cccc(Cl)c2)no1. The van der Waals surface area contributed by atoms with E-state index in [0.29, 0.717) is 42.5 Å². The predicted octanol–water partition coefficient (Wildman–Crippen LogP) is 3.25. The number of guanidine groups is 1. The van der Waals surface area contributed by atoms with E-state index in [9.17, 15) is 0 Å². The number of furan rings is 1. The first kappa shape index (κ1) is 19.9. The summed E-state index contributed by atoms with van der Waals surface area (Å²) in [4.78, 5) is 8.53. The molecule has 0 aliphatic carbocycles. The maximum Gasteiger partial charge on any atom is 0.246 e. The first-order chi connectivity index (χ1) is 13.7. The van der Waals surface area contributed by atoms with E-state index < -0.39 is 0 Å². The smallest absolute Gasteiger partial charge is 0.246 e. The number of halogens is 1. The van der Waals surface area contributed by atoms with Crippen molar-refractivity contribution in [3.05, 3.63) is 59.3 Å². The second-order valence-electron chi connectivity index (χ2n) is 5.86. The number of benzene rings is 1. The molecule has 1 aromatic carbocycles. The van der Waals surface area contributed by atoms with Crippen molar-refractivity contribution < 1.29 is 13.7 Å². The molecule has 8 nitrogen and oxygen atoms in total. The summed E-state index contributed by atoms with van der Waals surface area (Å²) < 4.78 is 16.0. The lowest BCUT2D eigenvalue weighted by Crippen LogP contribution is -2.37. The van der Waals surface area contributed by atoms with E-state index in [-0.39, 0.29) is 0 Å². The maximum atomic E-state index is 5.99. The fraction of sp³-hybridized carbons (Fsp3) is 0.316. The number of hydrogen-bond acceptors (Lipinski definition) is 6. The normalized spacial score (nSPS) is 11.6. The molecule has 0 saturated carbocycles. The molecule has 0 aliphatic rings. The second-order valence-corrected chi connectivity index (χ2v) is 6.30. The predicted molar refractivity (Wildman–Crippen MR) is 106 cm³/mol. The zero-order valence-corrected chi connectivity index (χ0v) is 16.3. The van der Waals surface area contributed by atoms with Crippen LogP contribution in [0.1, 0.15) is 18.1 Å². The molecular weight excluding hydrogens is 382 g/mol. The van der Waals surface area contributed by atoms with Crippen LogP contribution < -0.4 is 10.6 Å². The van der Waals surface area contributed by atoms with Crippen molar-refractivity contribution in [2.75, 3.05) is 20.2 Å². The van der Waals surface area contributed by atoms with Gasteiger partial charge in [-0.15, -0.1) is 0 Å². The van der Waals surface area contributed by atoms with Gasteiger partial charge in [0.05, 0.1) is 12.8 Å². The van der Waals surface area contributed by atoms with Gasteiger partial charge < -0.3 is 24.3 Å². The zero-order chi connectivity index (χ0) is 19.6. The summed E-state index contributed by atoms with van der Waals surface area (Å²) in [6.07, 6.45) is 2.47. The van der Waals surface area contributed by atoms with Crippen molar-refractivity contribution in [1.82, 2.24) is 20.8 Å². The summed E-state index contributed by atoms with van der Waals surface area (Å²) in [6.45, 7) is 2.18. The molecule has 0 bridgehead atoms. The Labute approximate surface area is 167 Å². The lowest BCUT2D eigenvalue weighted by molar-refractivity contribution is 0.105. The van der Waals surface area contributed by atoms with Crippen molar-refractivity contribution >= 4 is 17.6 Å². The van der Waals surface area contributed by atoms with Crippen LogP contribution in [0.2, 0.25) is 5.02 Å². The third-order valence-corrected chi connectivity index (χ3v) is 4.00. The molecule has 2 aromatic heterocycles. The maximum absolute atomic E-state index is 5.99. The number of hydrogen-bond donors (Lipinski definition) is 2. The number of aromatic nitrogens is 2. The van der Waals surface area contributed by atoms with Crippen LogP contribution in [0.4, 0.5) is 0 Å². The molecule has 0 saturated heterocycles. The van der Waals surface area contributed by atoms with Gasteiger partial charge in [0.25, 0.3) is 0 Å². The van der Waals surface area contributed by atoms with Gasteiger partial charge in [0.2, 0.25) is 11.7 Å². The molecule has 3 rings (SSSR count). The third-order valence-electron chi connectivity index (χ3n) is 3.76. The van der Waals surface area contributed by atoms with E-state index in [2.05, 4.69) is 25.8 Å². The quantitative estimate of drug-likeness (QED) is 0.321. The molecule has 0 atom stereocenters. The van der Waals surface area contributed by atoms with Crippen LogP contribution >= 0.6 is 11.6 Å². The van der Waals surface area contributed by atoms with Crippen LogP contribution in [0.25, 0.3) is 11.4 Å². The van der Waals surface area contributed by atoms with Crippen molar-refractivity contribution in [3.63, 3.8) is 0 Å². The van der Waals surface area contributed by atoms with E-state index in [1.165, 1.54) is 0 Å². The lowest BCUT2D eigenvalue weighted by Gasteiger charge is -2.10. The van der Waals surface area contributed by atoms with Gasteiger partial charge in [-0.05, 0) is 30.7 Å². The van der Waals surface area contributed by atoms with Crippen LogP contribution in [0.3, 0.4) is 0 Å². The summed E-state index contributed by atoms with van der Waals surface area (Å²) >= 11 is 5.99. The molecule has 0 aliphatic heterocycles. The minimum Gasteiger partial charge on any atom is -0.467 e. The Hall–Kier alpha value is -2.84. The molecule has 148 valence electrons. The van der Waals surface area contributed by atoms with Crippen molar-refractivity contribution in [3.8, 4) is 11.4 Å². The largest absolute Gasteiger partial charge is 0.467 e.